The molecule has 0 unspecified atom stereocenters. The number of fused-ring (bicyclic) bond motifs is 1. The molecule has 4 amide bonds. The number of hydrogen-bond acceptors (Lipinski definition) is 4. The van der Waals surface area contributed by atoms with Crippen LogP contribution in [-0.4, -0.2) is 53.1 Å². The van der Waals surface area contributed by atoms with Crippen molar-refractivity contribution in [2.45, 2.75) is 19.9 Å². The van der Waals surface area contributed by atoms with Gasteiger partial charge in [-0.1, -0.05) is 32.0 Å². The van der Waals surface area contributed by atoms with Gasteiger partial charge in [-0.15, -0.1) is 0 Å². The molecule has 1 aliphatic heterocycles. The highest BCUT2D eigenvalue weighted by Gasteiger charge is 2.44. The number of imide groups is 1. The summed E-state index contributed by atoms with van der Waals surface area (Å²) in [5, 5.41) is 2.52. The number of carbonyl (C=O) groups excluding carboxylic acids is 4. The van der Waals surface area contributed by atoms with E-state index in [-0.39, 0.29) is 29.3 Å². The predicted octanol–water partition coefficient (Wildman–Crippen LogP) is 2.54. The second-order valence-electron chi connectivity index (χ2n) is 7.47. The van der Waals surface area contributed by atoms with Gasteiger partial charge in [0.15, 0.2) is 0 Å². The fraction of sp³-hybridized carbons (Fsp3) is 0.273. The van der Waals surface area contributed by atoms with Crippen LogP contribution in [0.4, 0.5) is 10.1 Å². The molecule has 0 aromatic heterocycles. The van der Waals surface area contributed by atoms with E-state index in [4.69, 9.17) is 0 Å². The summed E-state index contributed by atoms with van der Waals surface area (Å²) in [5.74, 6) is -2.98. The van der Waals surface area contributed by atoms with Crippen molar-refractivity contribution in [2.24, 2.45) is 5.92 Å². The fourth-order valence-corrected chi connectivity index (χ4v) is 3.44. The van der Waals surface area contributed by atoms with Gasteiger partial charge >= 0.3 is 0 Å². The molecule has 0 fully saturated rings. The van der Waals surface area contributed by atoms with E-state index in [0.29, 0.717) is 0 Å². The SMILES string of the molecule is CC(C)[C@H](C(=O)N(C)CC(=O)Nc1cccc(F)c1)N1C(=O)c2ccccc2C1=O. The van der Waals surface area contributed by atoms with E-state index < -0.39 is 35.5 Å². The minimum Gasteiger partial charge on any atom is -0.335 e. The Hall–Kier alpha value is -3.55. The Balaban J connectivity index is 1.75. The van der Waals surface area contributed by atoms with Crippen LogP contribution in [0.1, 0.15) is 34.6 Å². The molecule has 0 saturated heterocycles. The van der Waals surface area contributed by atoms with Crippen molar-refractivity contribution in [1.29, 1.82) is 0 Å². The van der Waals surface area contributed by atoms with Gasteiger partial charge in [0.05, 0.1) is 17.7 Å². The maximum Gasteiger partial charge on any atom is 0.262 e. The lowest BCUT2D eigenvalue weighted by Crippen LogP contribution is -2.53. The van der Waals surface area contributed by atoms with Crippen molar-refractivity contribution >= 4 is 29.3 Å². The number of likely N-dealkylation sites (N-methyl/N-ethyl adjacent to an activating group) is 1. The number of hydrogen-bond donors (Lipinski definition) is 1. The van der Waals surface area contributed by atoms with Crippen LogP contribution in [0.25, 0.3) is 0 Å². The van der Waals surface area contributed by atoms with E-state index in [1.165, 1.54) is 25.2 Å². The van der Waals surface area contributed by atoms with Crippen molar-refractivity contribution < 1.29 is 23.6 Å². The molecular formula is C22H22FN3O4. The first-order valence-corrected chi connectivity index (χ1v) is 9.48. The van der Waals surface area contributed by atoms with Crippen LogP contribution in [0.15, 0.2) is 48.5 Å². The summed E-state index contributed by atoms with van der Waals surface area (Å²) in [5.41, 5.74) is 0.779. The molecule has 7 nitrogen and oxygen atoms in total. The molecule has 2 aromatic rings. The molecule has 3 rings (SSSR count). The quantitative estimate of drug-likeness (QED) is 0.740. The highest BCUT2D eigenvalue weighted by Crippen LogP contribution is 2.27. The highest BCUT2D eigenvalue weighted by atomic mass is 19.1. The van der Waals surface area contributed by atoms with Crippen molar-refractivity contribution in [1.82, 2.24) is 9.80 Å². The summed E-state index contributed by atoms with van der Waals surface area (Å²) < 4.78 is 13.3. The third kappa shape index (κ3) is 4.07. The van der Waals surface area contributed by atoms with Gasteiger partial charge in [-0.05, 0) is 36.2 Å². The van der Waals surface area contributed by atoms with E-state index in [9.17, 15) is 23.6 Å². The summed E-state index contributed by atoms with van der Waals surface area (Å²) in [6.45, 7) is 3.14. The van der Waals surface area contributed by atoms with Gasteiger partial charge in [0.2, 0.25) is 11.8 Å². The first-order chi connectivity index (χ1) is 14.2. The normalized spacial score (nSPS) is 14.0. The number of anilines is 1. The molecule has 30 heavy (non-hydrogen) atoms. The second kappa shape index (κ2) is 8.44. The largest absolute Gasteiger partial charge is 0.335 e. The standard InChI is InChI=1S/C22H22FN3O4/c1-13(2)19(26-20(28)16-9-4-5-10-17(16)21(26)29)22(30)25(3)12-18(27)24-15-8-6-7-14(23)11-15/h4-11,13,19H,12H2,1-3H3,(H,24,27)/t19-/m1/s1. The number of nitrogens with one attached hydrogen (secondary N) is 1. The number of nitrogens with zero attached hydrogens (tertiary/aromatic N) is 2. The Bertz CT molecular complexity index is 986. The van der Waals surface area contributed by atoms with Crippen molar-refractivity contribution in [3.05, 3.63) is 65.5 Å². The molecule has 0 bridgehead atoms. The van der Waals surface area contributed by atoms with Crippen LogP contribution in [0.3, 0.4) is 0 Å². The number of carbonyl (C=O) groups is 4. The Morgan fingerprint density at radius 3 is 2.17 bits per heavy atom. The Morgan fingerprint density at radius 1 is 1.03 bits per heavy atom. The van der Waals surface area contributed by atoms with Crippen LogP contribution < -0.4 is 5.32 Å². The summed E-state index contributed by atoms with van der Waals surface area (Å²) in [6, 6.07) is 10.8. The third-order valence-electron chi connectivity index (χ3n) is 4.85. The smallest absolute Gasteiger partial charge is 0.262 e. The molecule has 0 spiro atoms. The van der Waals surface area contributed by atoms with Crippen LogP contribution in [0, 0.1) is 11.7 Å². The van der Waals surface area contributed by atoms with Gasteiger partial charge in [0.1, 0.15) is 11.9 Å². The first-order valence-electron chi connectivity index (χ1n) is 9.48. The average Bonchev–Trinajstić information content (AvgIpc) is 2.93. The highest BCUT2D eigenvalue weighted by molar-refractivity contribution is 6.22. The van der Waals surface area contributed by atoms with Crippen LogP contribution in [0.5, 0.6) is 0 Å². The molecule has 1 heterocycles. The average molecular weight is 411 g/mol. The number of rotatable bonds is 6. The molecule has 1 atom stereocenters. The molecule has 0 aliphatic carbocycles. The molecule has 8 heteroatoms. The summed E-state index contributed by atoms with van der Waals surface area (Å²) in [4.78, 5) is 53.1. The summed E-state index contributed by atoms with van der Waals surface area (Å²) in [6.07, 6.45) is 0. The molecule has 0 radical (unpaired) electrons. The lowest BCUT2D eigenvalue weighted by atomic mass is 10.0. The molecular weight excluding hydrogens is 389 g/mol. The number of benzene rings is 2. The van der Waals surface area contributed by atoms with Gasteiger partial charge in [-0.2, -0.15) is 0 Å². The van der Waals surface area contributed by atoms with Gasteiger partial charge in [-0.3, -0.25) is 24.1 Å². The van der Waals surface area contributed by atoms with Crippen LogP contribution >= 0.6 is 0 Å². The minimum absolute atomic E-state index is 0.257. The van der Waals surface area contributed by atoms with Crippen molar-refractivity contribution in [3.63, 3.8) is 0 Å². The van der Waals surface area contributed by atoms with E-state index in [1.54, 1.807) is 38.1 Å². The topological polar surface area (TPSA) is 86.8 Å². The maximum absolute atomic E-state index is 13.3. The maximum atomic E-state index is 13.3. The van der Waals surface area contributed by atoms with Crippen LogP contribution in [0.2, 0.25) is 0 Å². The summed E-state index contributed by atoms with van der Waals surface area (Å²) in [7, 11) is 1.42. The second-order valence-corrected chi connectivity index (χ2v) is 7.47. The van der Waals surface area contributed by atoms with E-state index in [1.807, 2.05) is 0 Å². The zero-order chi connectivity index (χ0) is 22.0. The van der Waals surface area contributed by atoms with Crippen molar-refractivity contribution in [3.8, 4) is 0 Å². The van der Waals surface area contributed by atoms with E-state index >= 15 is 0 Å². The molecule has 2 aromatic carbocycles. The van der Waals surface area contributed by atoms with E-state index in [2.05, 4.69) is 5.32 Å². The zero-order valence-electron chi connectivity index (χ0n) is 16.9. The fourth-order valence-electron chi connectivity index (χ4n) is 3.44. The van der Waals surface area contributed by atoms with Crippen molar-refractivity contribution in [2.75, 3.05) is 18.9 Å². The molecule has 1 aliphatic rings. The number of halogens is 1. The monoisotopic (exact) mass is 411 g/mol. The molecule has 1 N–H and O–H groups in total. The predicted molar refractivity (Wildman–Crippen MR) is 108 cm³/mol. The Labute approximate surface area is 173 Å². The first kappa shape index (κ1) is 21.2. The molecule has 0 saturated carbocycles. The minimum atomic E-state index is -1.05. The lowest BCUT2D eigenvalue weighted by Gasteiger charge is -2.31. The van der Waals surface area contributed by atoms with Crippen LogP contribution in [-0.2, 0) is 9.59 Å². The third-order valence-corrected chi connectivity index (χ3v) is 4.85. The number of amides is 4. The lowest BCUT2D eigenvalue weighted by molar-refractivity contribution is -0.138. The Morgan fingerprint density at radius 2 is 1.63 bits per heavy atom. The van der Waals surface area contributed by atoms with E-state index in [0.717, 1.165) is 15.9 Å². The zero-order valence-corrected chi connectivity index (χ0v) is 16.9. The van der Waals surface area contributed by atoms with Gasteiger partial charge in [0.25, 0.3) is 11.8 Å². The summed E-state index contributed by atoms with van der Waals surface area (Å²) >= 11 is 0. The Kier molecular flexibility index (Phi) is 5.96. The molecule has 156 valence electrons. The van der Waals surface area contributed by atoms with Gasteiger partial charge in [0, 0.05) is 12.7 Å². The van der Waals surface area contributed by atoms with Gasteiger partial charge < -0.3 is 10.2 Å². The van der Waals surface area contributed by atoms with Gasteiger partial charge in [-0.25, -0.2) is 4.39 Å².